The van der Waals surface area contributed by atoms with Gasteiger partial charge in [-0.15, -0.1) is 0 Å². The summed E-state index contributed by atoms with van der Waals surface area (Å²) < 4.78 is 15.6. The largest absolute Gasteiger partial charge is 0.329 e. The first-order valence-electron chi connectivity index (χ1n) is 8.98. The molecule has 0 N–H and O–H groups in total. The molecule has 1 aliphatic carbocycles. The van der Waals surface area contributed by atoms with Crippen molar-refractivity contribution < 1.29 is 9.18 Å². The summed E-state index contributed by atoms with van der Waals surface area (Å²) >= 11 is 0. The fraction of sp³-hybridized carbons (Fsp3) is 0.333. The van der Waals surface area contributed by atoms with Crippen molar-refractivity contribution in [2.45, 2.75) is 38.8 Å². The molecule has 1 amide bonds. The van der Waals surface area contributed by atoms with E-state index in [9.17, 15) is 9.18 Å². The number of amides is 1. The minimum atomic E-state index is -0.566. The lowest BCUT2D eigenvalue weighted by atomic mass is 10.0. The maximum Gasteiger partial charge on any atom is 0.261 e. The summed E-state index contributed by atoms with van der Waals surface area (Å²) in [5, 5.41) is 6.37. The Morgan fingerprint density at radius 1 is 1.23 bits per heavy atom. The zero-order valence-electron chi connectivity index (χ0n) is 15.2. The molecular formula is C21H22FN3O. The average Bonchev–Trinajstić information content (AvgIpc) is 3.42. The van der Waals surface area contributed by atoms with Gasteiger partial charge >= 0.3 is 0 Å². The highest BCUT2D eigenvalue weighted by atomic mass is 19.1. The molecule has 0 saturated heterocycles. The Labute approximate surface area is 152 Å². The quantitative estimate of drug-likeness (QED) is 0.699. The topological polar surface area (TPSA) is 38.1 Å². The van der Waals surface area contributed by atoms with Gasteiger partial charge in [0.1, 0.15) is 5.56 Å². The van der Waals surface area contributed by atoms with E-state index < -0.39 is 5.95 Å². The van der Waals surface area contributed by atoms with Crippen LogP contribution in [0.15, 0.2) is 42.5 Å². The number of hydrogen-bond donors (Lipinski definition) is 0. The van der Waals surface area contributed by atoms with Crippen molar-refractivity contribution in [3.63, 3.8) is 0 Å². The predicted octanol–water partition coefficient (Wildman–Crippen LogP) is 4.39. The van der Waals surface area contributed by atoms with E-state index in [1.54, 1.807) is 6.92 Å². The monoisotopic (exact) mass is 351 g/mol. The summed E-state index contributed by atoms with van der Waals surface area (Å²) in [6.07, 6.45) is 1.93. The number of carbonyl (C=O) groups is 1. The smallest absolute Gasteiger partial charge is 0.261 e. The Balaban J connectivity index is 1.72. The first-order chi connectivity index (χ1) is 12.5. The van der Waals surface area contributed by atoms with E-state index in [-0.39, 0.29) is 23.6 Å². The molecule has 4 rings (SSSR count). The summed E-state index contributed by atoms with van der Waals surface area (Å²) in [5.41, 5.74) is 1.59. The number of aryl methyl sites for hydroxylation is 2. The number of benzene rings is 2. The Morgan fingerprint density at radius 2 is 1.92 bits per heavy atom. The van der Waals surface area contributed by atoms with Crippen molar-refractivity contribution in [1.82, 2.24) is 14.7 Å². The highest BCUT2D eigenvalue weighted by Gasteiger charge is 2.39. The van der Waals surface area contributed by atoms with Gasteiger partial charge in [0.25, 0.3) is 5.91 Å². The van der Waals surface area contributed by atoms with Crippen LogP contribution in [0.3, 0.4) is 0 Å². The van der Waals surface area contributed by atoms with Crippen molar-refractivity contribution in [2.24, 2.45) is 7.05 Å². The molecule has 2 aromatic carbocycles. The standard InChI is InChI=1S/C21H22FN3O/c1-13-19(20(22)24(3)23-13)21(26)25(18-10-11-18)14(2)16-9-8-15-6-4-5-7-17(15)12-16/h4-9,12,14,18H,10-11H2,1-3H3. The van der Waals surface area contributed by atoms with Crippen molar-refractivity contribution in [2.75, 3.05) is 0 Å². The van der Waals surface area contributed by atoms with Crippen LogP contribution in [0.2, 0.25) is 0 Å². The number of nitrogens with zero attached hydrogens (tertiary/aromatic N) is 3. The van der Waals surface area contributed by atoms with Gasteiger partial charge in [0.05, 0.1) is 11.7 Å². The van der Waals surface area contributed by atoms with E-state index in [1.165, 1.54) is 12.4 Å². The predicted molar refractivity (Wildman–Crippen MR) is 99.5 cm³/mol. The Bertz CT molecular complexity index is 990. The van der Waals surface area contributed by atoms with Crippen LogP contribution in [0.1, 0.15) is 47.4 Å². The number of carbonyl (C=O) groups excluding carboxylic acids is 1. The van der Waals surface area contributed by atoms with Crippen LogP contribution in [0, 0.1) is 12.9 Å². The van der Waals surface area contributed by atoms with E-state index in [2.05, 4.69) is 35.4 Å². The van der Waals surface area contributed by atoms with Crippen LogP contribution in [0.25, 0.3) is 10.8 Å². The first kappa shape index (κ1) is 16.8. The highest BCUT2D eigenvalue weighted by Crippen LogP contribution is 2.37. The summed E-state index contributed by atoms with van der Waals surface area (Å²) in [6, 6.07) is 14.5. The van der Waals surface area contributed by atoms with Crippen LogP contribution >= 0.6 is 0 Å². The van der Waals surface area contributed by atoms with Crippen molar-refractivity contribution in [1.29, 1.82) is 0 Å². The average molecular weight is 351 g/mol. The lowest BCUT2D eigenvalue weighted by Crippen LogP contribution is -2.36. The van der Waals surface area contributed by atoms with Crippen molar-refractivity contribution in [3.05, 3.63) is 65.2 Å². The molecule has 5 heteroatoms. The molecule has 0 bridgehead atoms. The van der Waals surface area contributed by atoms with Gasteiger partial charge in [-0.25, -0.2) is 4.68 Å². The first-order valence-corrected chi connectivity index (χ1v) is 8.98. The lowest BCUT2D eigenvalue weighted by Gasteiger charge is -2.30. The molecule has 0 spiro atoms. The summed E-state index contributed by atoms with van der Waals surface area (Å²) in [6.45, 7) is 3.70. The van der Waals surface area contributed by atoms with Gasteiger partial charge in [0.2, 0.25) is 5.95 Å². The second-order valence-electron chi connectivity index (χ2n) is 7.10. The third-order valence-electron chi connectivity index (χ3n) is 5.21. The van der Waals surface area contributed by atoms with E-state index in [0.29, 0.717) is 5.69 Å². The zero-order valence-corrected chi connectivity index (χ0v) is 15.2. The zero-order chi connectivity index (χ0) is 18.4. The molecule has 3 aromatic rings. The third kappa shape index (κ3) is 2.77. The van der Waals surface area contributed by atoms with E-state index >= 15 is 0 Å². The van der Waals surface area contributed by atoms with Crippen LogP contribution < -0.4 is 0 Å². The molecule has 1 aromatic heterocycles. The molecule has 1 unspecified atom stereocenters. The number of rotatable bonds is 4. The maximum atomic E-state index is 14.4. The molecule has 1 fully saturated rings. The molecule has 0 aliphatic heterocycles. The number of halogens is 1. The molecule has 1 atom stereocenters. The second kappa shape index (κ2) is 6.24. The fourth-order valence-electron chi connectivity index (χ4n) is 3.64. The third-order valence-corrected chi connectivity index (χ3v) is 5.21. The van der Waals surface area contributed by atoms with Crippen LogP contribution in [-0.4, -0.2) is 26.6 Å². The Kier molecular flexibility index (Phi) is 4.02. The normalized spacial score (nSPS) is 15.2. The highest BCUT2D eigenvalue weighted by molar-refractivity contribution is 5.96. The van der Waals surface area contributed by atoms with E-state index in [4.69, 9.17) is 0 Å². The summed E-state index contributed by atoms with van der Waals surface area (Å²) in [4.78, 5) is 15.0. The minimum Gasteiger partial charge on any atom is -0.329 e. The van der Waals surface area contributed by atoms with Gasteiger partial charge in [-0.05, 0) is 49.1 Å². The Hall–Kier alpha value is -2.69. The van der Waals surface area contributed by atoms with Crippen LogP contribution in [0.4, 0.5) is 4.39 Å². The van der Waals surface area contributed by atoms with E-state index in [1.807, 2.05) is 24.0 Å². The molecule has 1 aliphatic rings. The van der Waals surface area contributed by atoms with Gasteiger partial charge in [0, 0.05) is 13.1 Å². The van der Waals surface area contributed by atoms with Gasteiger partial charge in [0.15, 0.2) is 0 Å². The van der Waals surface area contributed by atoms with Gasteiger partial charge in [-0.2, -0.15) is 9.49 Å². The summed E-state index contributed by atoms with van der Waals surface area (Å²) in [7, 11) is 1.52. The second-order valence-corrected chi connectivity index (χ2v) is 7.10. The number of aromatic nitrogens is 2. The van der Waals surface area contributed by atoms with Crippen LogP contribution in [-0.2, 0) is 7.05 Å². The lowest BCUT2D eigenvalue weighted by molar-refractivity contribution is 0.0668. The van der Waals surface area contributed by atoms with Gasteiger partial charge in [-0.3, -0.25) is 4.79 Å². The van der Waals surface area contributed by atoms with E-state index in [0.717, 1.165) is 28.5 Å². The number of hydrogen-bond acceptors (Lipinski definition) is 2. The molecule has 0 radical (unpaired) electrons. The molecule has 26 heavy (non-hydrogen) atoms. The molecule has 134 valence electrons. The van der Waals surface area contributed by atoms with Gasteiger partial charge < -0.3 is 4.90 Å². The SMILES string of the molecule is Cc1nn(C)c(F)c1C(=O)N(C1CC1)C(C)c1ccc2ccccc2c1. The summed E-state index contributed by atoms with van der Waals surface area (Å²) in [5.74, 6) is -0.833. The van der Waals surface area contributed by atoms with Crippen molar-refractivity contribution in [3.8, 4) is 0 Å². The molecule has 1 saturated carbocycles. The van der Waals surface area contributed by atoms with Crippen LogP contribution in [0.5, 0.6) is 0 Å². The van der Waals surface area contributed by atoms with Gasteiger partial charge in [-0.1, -0.05) is 36.4 Å². The van der Waals surface area contributed by atoms with Crippen molar-refractivity contribution >= 4 is 16.7 Å². The molecule has 4 nitrogen and oxygen atoms in total. The fourth-order valence-corrected chi connectivity index (χ4v) is 3.64. The minimum absolute atomic E-state index is 0.0899. The maximum absolute atomic E-state index is 14.4. The molecule has 1 heterocycles. The molecular weight excluding hydrogens is 329 g/mol. The number of fused-ring (bicyclic) bond motifs is 1. The Morgan fingerprint density at radius 3 is 2.54 bits per heavy atom.